The zero-order valence-electron chi connectivity index (χ0n) is 9.55. The molecule has 96 valence electrons. The summed E-state index contributed by atoms with van der Waals surface area (Å²) in [4.78, 5) is 22.3. The van der Waals surface area contributed by atoms with Crippen molar-refractivity contribution in [3.63, 3.8) is 0 Å². The Kier molecular flexibility index (Phi) is 3.96. The van der Waals surface area contributed by atoms with Gasteiger partial charge in [-0.2, -0.15) is 0 Å². The Balaban J connectivity index is 1.68. The Morgan fingerprint density at radius 3 is 2.71 bits per heavy atom. The number of carbonyl (C=O) groups is 2. The maximum absolute atomic E-state index is 11.7. The summed E-state index contributed by atoms with van der Waals surface area (Å²) in [5.74, 6) is -1.01. The van der Waals surface area contributed by atoms with Crippen LogP contribution in [0.5, 0.6) is 0 Å². The molecule has 0 radical (unpaired) electrons. The predicted molar refractivity (Wildman–Crippen MR) is 57.5 cm³/mol. The van der Waals surface area contributed by atoms with E-state index in [1.54, 1.807) is 0 Å². The topological polar surface area (TPSA) is 84.9 Å². The van der Waals surface area contributed by atoms with Crippen molar-refractivity contribution >= 4 is 11.9 Å². The van der Waals surface area contributed by atoms with Crippen LogP contribution in [0.15, 0.2) is 0 Å². The van der Waals surface area contributed by atoms with Crippen LogP contribution in [0.2, 0.25) is 0 Å². The molecule has 2 N–H and O–H groups in total. The summed E-state index contributed by atoms with van der Waals surface area (Å²) in [5.41, 5.74) is 0. The molecule has 2 aliphatic heterocycles. The molecule has 0 aliphatic carbocycles. The van der Waals surface area contributed by atoms with Gasteiger partial charge < -0.3 is 19.9 Å². The van der Waals surface area contributed by atoms with E-state index in [0.29, 0.717) is 32.6 Å². The normalized spacial score (nSPS) is 32.6. The van der Waals surface area contributed by atoms with Gasteiger partial charge in [0.05, 0.1) is 18.6 Å². The molecule has 0 aromatic heterocycles. The number of rotatable bonds is 4. The summed E-state index contributed by atoms with van der Waals surface area (Å²) >= 11 is 0. The maximum atomic E-state index is 11.7. The Labute approximate surface area is 99.3 Å². The summed E-state index contributed by atoms with van der Waals surface area (Å²) < 4.78 is 10.4. The second-order valence-electron chi connectivity index (χ2n) is 4.47. The van der Waals surface area contributed by atoms with E-state index in [1.807, 2.05) is 0 Å². The maximum Gasteiger partial charge on any atom is 0.332 e. The molecule has 0 spiro atoms. The molecule has 2 aliphatic rings. The van der Waals surface area contributed by atoms with Crippen LogP contribution in [-0.4, -0.2) is 48.9 Å². The van der Waals surface area contributed by atoms with Gasteiger partial charge in [-0.1, -0.05) is 0 Å². The Hall–Kier alpha value is -1.14. The van der Waals surface area contributed by atoms with Crippen molar-refractivity contribution < 1.29 is 24.2 Å². The smallest absolute Gasteiger partial charge is 0.332 e. The summed E-state index contributed by atoms with van der Waals surface area (Å²) in [6, 6.07) is 0. The van der Waals surface area contributed by atoms with Gasteiger partial charge in [0.25, 0.3) is 0 Å². The van der Waals surface area contributed by atoms with Crippen molar-refractivity contribution in [2.45, 2.75) is 31.5 Å². The molecule has 2 saturated heterocycles. The van der Waals surface area contributed by atoms with E-state index in [0.717, 1.165) is 6.42 Å². The Morgan fingerprint density at radius 1 is 1.29 bits per heavy atom. The van der Waals surface area contributed by atoms with Crippen LogP contribution in [0, 0.1) is 5.92 Å². The van der Waals surface area contributed by atoms with Crippen LogP contribution in [0.25, 0.3) is 0 Å². The first-order valence-corrected chi connectivity index (χ1v) is 5.90. The number of amides is 1. The third-order valence-corrected chi connectivity index (χ3v) is 3.19. The first-order valence-electron chi connectivity index (χ1n) is 5.90. The number of hydrogen-bond acceptors (Lipinski definition) is 4. The molecule has 0 saturated carbocycles. The third-order valence-electron chi connectivity index (χ3n) is 3.19. The van der Waals surface area contributed by atoms with Gasteiger partial charge in [0.1, 0.15) is 0 Å². The fourth-order valence-corrected chi connectivity index (χ4v) is 2.14. The van der Waals surface area contributed by atoms with E-state index in [1.165, 1.54) is 0 Å². The van der Waals surface area contributed by atoms with Crippen LogP contribution in [0.4, 0.5) is 0 Å². The average molecular weight is 243 g/mol. The van der Waals surface area contributed by atoms with Crippen molar-refractivity contribution in [3.8, 4) is 0 Å². The summed E-state index contributed by atoms with van der Waals surface area (Å²) in [7, 11) is 0. The predicted octanol–water partition coefficient (Wildman–Crippen LogP) is -0.229. The van der Waals surface area contributed by atoms with Crippen molar-refractivity contribution in [2.75, 3.05) is 19.8 Å². The van der Waals surface area contributed by atoms with Gasteiger partial charge in [0.2, 0.25) is 5.91 Å². The van der Waals surface area contributed by atoms with Crippen LogP contribution >= 0.6 is 0 Å². The molecular weight excluding hydrogens is 226 g/mol. The lowest BCUT2D eigenvalue weighted by Crippen LogP contribution is -2.37. The Bertz CT molecular complexity index is 300. The van der Waals surface area contributed by atoms with Gasteiger partial charge in [-0.3, -0.25) is 4.79 Å². The quantitative estimate of drug-likeness (QED) is 0.712. The van der Waals surface area contributed by atoms with Gasteiger partial charge in [0.15, 0.2) is 6.10 Å². The van der Waals surface area contributed by atoms with Gasteiger partial charge in [-0.25, -0.2) is 4.79 Å². The molecule has 2 fully saturated rings. The molecule has 0 bridgehead atoms. The molecule has 3 unspecified atom stereocenters. The molecular formula is C11H17NO5. The minimum atomic E-state index is -0.928. The highest BCUT2D eigenvalue weighted by Crippen LogP contribution is 2.19. The van der Waals surface area contributed by atoms with E-state index in [9.17, 15) is 9.59 Å². The summed E-state index contributed by atoms with van der Waals surface area (Å²) in [6.45, 7) is 1.51. The highest BCUT2D eigenvalue weighted by molar-refractivity contribution is 5.79. The van der Waals surface area contributed by atoms with Crippen molar-refractivity contribution in [1.29, 1.82) is 0 Å². The fraction of sp³-hybridized carbons (Fsp3) is 0.818. The van der Waals surface area contributed by atoms with E-state index < -0.39 is 12.1 Å². The van der Waals surface area contributed by atoms with Crippen molar-refractivity contribution in [3.05, 3.63) is 0 Å². The molecule has 2 heterocycles. The lowest BCUT2D eigenvalue weighted by molar-refractivity contribution is -0.149. The SMILES string of the molecule is O=C(NCC1CCC(C(=O)O)O1)C1CCOC1. The molecule has 0 aromatic rings. The minimum absolute atomic E-state index is 0.0233. The third kappa shape index (κ3) is 3.17. The number of aliphatic carboxylic acids is 1. The monoisotopic (exact) mass is 243 g/mol. The minimum Gasteiger partial charge on any atom is -0.479 e. The number of ether oxygens (including phenoxy) is 2. The first-order chi connectivity index (χ1) is 8.16. The molecule has 0 aromatic carbocycles. The average Bonchev–Trinajstić information content (AvgIpc) is 2.97. The van der Waals surface area contributed by atoms with E-state index >= 15 is 0 Å². The van der Waals surface area contributed by atoms with Crippen molar-refractivity contribution in [2.24, 2.45) is 5.92 Å². The van der Waals surface area contributed by atoms with Crippen LogP contribution in [-0.2, 0) is 19.1 Å². The Morgan fingerprint density at radius 2 is 2.12 bits per heavy atom. The molecule has 1 amide bonds. The molecule has 6 heteroatoms. The summed E-state index contributed by atoms with van der Waals surface area (Å²) in [5, 5.41) is 11.5. The second kappa shape index (κ2) is 5.46. The fourth-order valence-electron chi connectivity index (χ4n) is 2.14. The van der Waals surface area contributed by atoms with Gasteiger partial charge in [-0.15, -0.1) is 0 Å². The lowest BCUT2D eigenvalue weighted by atomic mass is 10.1. The zero-order chi connectivity index (χ0) is 12.3. The standard InChI is InChI=1S/C11H17NO5/c13-10(7-3-4-16-6-7)12-5-8-1-2-9(17-8)11(14)15/h7-9H,1-6H2,(H,12,13)(H,14,15). The molecule has 17 heavy (non-hydrogen) atoms. The number of nitrogens with one attached hydrogen (secondary N) is 1. The van der Waals surface area contributed by atoms with Crippen molar-refractivity contribution in [1.82, 2.24) is 5.32 Å². The largest absolute Gasteiger partial charge is 0.479 e. The molecule has 6 nitrogen and oxygen atoms in total. The van der Waals surface area contributed by atoms with Gasteiger partial charge in [0, 0.05) is 13.2 Å². The number of carbonyl (C=O) groups excluding carboxylic acids is 1. The van der Waals surface area contributed by atoms with E-state index in [2.05, 4.69) is 5.32 Å². The van der Waals surface area contributed by atoms with E-state index in [-0.39, 0.29) is 17.9 Å². The van der Waals surface area contributed by atoms with E-state index in [4.69, 9.17) is 14.6 Å². The number of hydrogen-bond donors (Lipinski definition) is 2. The molecule has 2 rings (SSSR count). The summed E-state index contributed by atoms with van der Waals surface area (Å²) in [6.07, 6.45) is 1.06. The first kappa shape index (κ1) is 12.3. The number of carboxylic acid groups (broad SMARTS) is 1. The van der Waals surface area contributed by atoms with Crippen LogP contribution in [0.3, 0.4) is 0 Å². The van der Waals surface area contributed by atoms with Crippen LogP contribution in [0.1, 0.15) is 19.3 Å². The lowest BCUT2D eigenvalue weighted by Gasteiger charge is -2.14. The second-order valence-corrected chi connectivity index (χ2v) is 4.47. The molecule has 3 atom stereocenters. The highest BCUT2D eigenvalue weighted by Gasteiger charge is 2.31. The highest BCUT2D eigenvalue weighted by atomic mass is 16.5. The van der Waals surface area contributed by atoms with Gasteiger partial charge in [-0.05, 0) is 19.3 Å². The van der Waals surface area contributed by atoms with Gasteiger partial charge >= 0.3 is 5.97 Å². The zero-order valence-corrected chi connectivity index (χ0v) is 9.55. The number of carboxylic acids is 1. The van der Waals surface area contributed by atoms with Crippen LogP contribution < -0.4 is 5.32 Å².